The van der Waals surface area contributed by atoms with Gasteiger partial charge in [0.1, 0.15) is 11.5 Å². The number of nitrogens with one attached hydrogen (secondary N) is 1. The van der Waals surface area contributed by atoms with E-state index in [4.69, 9.17) is 4.74 Å². The first-order chi connectivity index (χ1) is 9.10. The van der Waals surface area contributed by atoms with Crippen LogP contribution in [-0.4, -0.2) is 52.6 Å². The summed E-state index contributed by atoms with van der Waals surface area (Å²) >= 11 is 0. The summed E-state index contributed by atoms with van der Waals surface area (Å²) in [5.74, 6) is 0.539. The largest absolute Gasteiger partial charge is 0.372 e. The summed E-state index contributed by atoms with van der Waals surface area (Å²) in [4.78, 5) is 22.5. The summed E-state index contributed by atoms with van der Waals surface area (Å²) in [6.45, 7) is 7.85. The van der Waals surface area contributed by atoms with Gasteiger partial charge in [-0.2, -0.15) is 0 Å². The van der Waals surface area contributed by atoms with Gasteiger partial charge in [-0.25, -0.2) is 4.98 Å². The summed E-state index contributed by atoms with van der Waals surface area (Å²) in [7, 11) is 0. The molecule has 0 unspecified atom stereocenters. The number of morpholine rings is 1. The van der Waals surface area contributed by atoms with Crippen LogP contribution in [0.2, 0.25) is 0 Å². The number of rotatable bonds is 3. The molecule has 2 atom stereocenters. The van der Waals surface area contributed by atoms with Crippen LogP contribution in [0, 0.1) is 0 Å². The predicted molar refractivity (Wildman–Crippen MR) is 72.1 cm³/mol. The number of carbonyl (C=O) groups is 1. The van der Waals surface area contributed by atoms with Crippen LogP contribution in [0.3, 0.4) is 0 Å². The molecule has 1 aliphatic rings. The third-order valence-electron chi connectivity index (χ3n) is 2.92. The lowest BCUT2D eigenvalue weighted by Crippen LogP contribution is -2.48. The molecule has 0 saturated carbocycles. The minimum Gasteiger partial charge on any atom is -0.372 e. The van der Waals surface area contributed by atoms with Crippen molar-refractivity contribution in [2.24, 2.45) is 0 Å². The number of ether oxygens (including phenoxy) is 1. The lowest BCUT2D eigenvalue weighted by Gasteiger charge is -2.35. The van der Waals surface area contributed by atoms with Crippen LogP contribution < -0.4 is 5.32 Å². The molecule has 1 aliphatic heterocycles. The molecule has 1 amide bonds. The Hall–Kier alpha value is -1.69. The fraction of sp³-hybridized carbons (Fsp3) is 0.615. The molecular formula is C13H20N4O2. The van der Waals surface area contributed by atoms with E-state index >= 15 is 0 Å². The molecule has 1 fully saturated rings. The fourth-order valence-electron chi connectivity index (χ4n) is 2.24. The van der Waals surface area contributed by atoms with Gasteiger partial charge in [-0.3, -0.25) is 9.78 Å². The summed E-state index contributed by atoms with van der Waals surface area (Å²) < 4.78 is 5.62. The number of aromatic nitrogens is 2. The van der Waals surface area contributed by atoms with Crippen LogP contribution >= 0.6 is 0 Å². The Kier molecular flexibility index (Phi) is 4.31. The van der Waals surface area contributed by atoms with Gasteiger partial charge >= 0.3 is 0 Å². The van der Waals surface area contributed by atoms with Gasteiger partial charge in [0.15, 0.2) is 0 Å². The second-order valence-corrected chi connectivity index (χ2v) is 4.79. The Morgan fingerprint density at radius 3 is 2.74 bits per heavy atom. The lowest BCUT2D eigenvalue weighted by atomic mass is 10.2. The molecule has 1 N–H and O–H groups in total. The number of hydrogen-bond donors (Lipinski definition) is 1. The summed E-state index contributed by atoms with van der Waals surface area (Å²) in [5.41, 5.74) is 0.375. The highest BCUT2D eigenvalue weighted by Gasteiger charge is 2.27. The highest BCUT2D eigenvalue weighted by molar-refractivity contribution is 5.92. The van der Waals surface area contributed by atoms with E-state index in [0.29, 0.717) is 24.6 Å². The first-order valence-corrected chi connectivity index (χ1v) is 6.60. The van der Waals surface area contributed by atoms with Crippen LogP contribution in [-0.2, 0) is 4.74 Å². The highest BCUT2D eigenvalue weighted by Crippen LogP contribution is 2.13. The molecule has 6 nitrogen and oxygen atoms in total. The van der Waals surface area contributed by atoms with Crippen LogP contribution in [0.1, 0.15) is 31.3 Å². The van der Waals surface area contributed by atoms with Crippen molar-refractivity contribution in [2.45, 2.75) is 33.0 Å². The number of anilines is 1. The molecule has 0 aliphatic carbocycles. The van der Waals surface area contributed by atoms with Crippen molar-refractivity contribution in [3.63, 3.8) is 0 Å². The van der Waals surface area contributed by atoms with Gasteiger partial charge in [0.2, 0.25) is 0 Å². The van der Waals surface area contributed by atoms with Gasteiger partial charge in [-0.15, -0.1) is 0 Å². The van der Waals surface area contributed by atoms with Crippen molar-refractivity contribution in [1.29, 1.82) is 0 Å². The fourth-order valence-corrected chi connectivity index (χ4v) is 2.24. The predicted octanol–water partition coefficient (Wildman–Crippen LogP) is 1.16. The third kappa shape index (κ3) is 3.41. The number of hydrogen-bond acceptors (Lipinski definition) is 5. The number of nitrogens with zero attached hydrogens (tertiary/aromatic N) is 3. The molecule has 19 heavy (non-hydrogen) atoms. The average Bonchev–Trinajstić information content (AvgIpc) is 2.37. The normalized spacial score (nSPS) is 23.2. The van der Waals surface area contributed by atoms with E-state index in [2.05, 4.69) is 15.3 Å². The van der Waals surface area contributed by atoms with Crippen LogP contribution in [0.5, 0.6) is 0 Å². The molecule has 104 valence electrons. The molecule has 0 radical (unpaired) electrons. The zero-order valence-corrected chi connectivity index (χ0v) is 11.6. The van der Waals surface area contributed by atoms with Crippen molar-refractivity contribution in [2.75, 3.05) is 25.0 Å². The standard InChI is InChI=1S/C13H20N4O2/c1-4-15-12-6-14-5-11(16-12)13(18)17-7-9(2)19-10(3)8-17/h5-6,9-10H,4,7-8H2,1-3H3,(H,15,16)/t9-,10+. The first-order valence-electron chi connectivity index (χ1n) is 6.60. The smallest absolute Gasteiger partial charge is 0.274 e. The average molecular weight is 264 g/mol. The third-order valence-corrected chi connectivity index (χ3v) is 2.92. The van der Waals surface area contributed by atoms with E-state index in [9.17, 15) is 4.79 Å². The van der Waals surface area contributed by atoms with Crippen LogP contribution in [0.15, 0.2) is 12.4 Å². The maximum atomic E-state index is 12.4. The molecule has 1 aromatic rings. The molecule has 0 spiro atoms. The van der Waals surface area contributed by atoms with Crippen LogP contribution in [0.25, 0.3) is 0 Å². The summed E-state index contributed by atoms with van der Waals surface area (Å²) in [5, 5.41) is 3.05. The van der Waals surface area contributed by atoms with Gasteiger partial charge in [0.25, 0.3) is 5.91 Å². The Morgan fingerprint density at radius 1 is 1.42 bits per heavy atom. The zero-order chi connectivity index (χ0) is 13.8. The molecule has 0 bridgehead atoms. The highest BCUT2D eigenvalue weighted by atomic mass is 16.5. The van der Waals surface area contributed by atoms with E-state index in [1.54, 1.807) is 11.1 Å². The molecule has 6 heteroatoms. The molecule has 1 aromatic heterocycles. The van der Waals surface area contributed by atoms with Crippen LogP contribution in [0.4, 0.5) is 5.82 Å². The first kappa shape index (κ1) is 13.7. The van der Waals surface area contributed by atoms with Crippen molar-refractivity contribution in [3.8, 4) is 0 Å². The van der Waals surface area contributed by atoms with Crippen molar-refractivity contribution in [1.82, 2.24) is 14.9 Å². The Labute approximate surface area is 113 Å². The van der Waals surface area contributed by atoms with E-state index in [-0.39, 0.29) is 18.1 Å². The van der Waals surface area contributed by atoms with Crippen molar-refractivity contribution in [3.05, 3.63) is 18.1 Å². The quantitative estimate of drug-likeness (QED) is 0.887. The van der Waals surface area contributed by atoms with Crippen molar-refractivity contribution < 1.29 is 9.53 Å². The maximum absolute atomic E-state index is 12.4. The topological polar surface area (TPSA) is 67.4 Å². The number of amides is 1. The summed E-state index contributed by atoms with van der Waals surface area (Å²) in [6, 6.07) is 0. The van der Waals surface area contributed by atoms with E-state index in [0.717, 1.165) is 6.54 Å². The molecular weight excluding hydrogens is 244 g/mol. The minimum atomic E-state index is -0.0887. The number of carbonyl (C=O) groups excluding carboxylic acids is 1. The van der Waals surface area contributed by atoms with Gasteiger partial charge in [0.05, 0.1) is 24.6 Å². The Bertz CT molecular complexity index is 442. The molecule has 0 aromatic carbocycles. The van der Waals surface area contributed by atoms with E-state index < -0.39 is 0 Å². The van der Waals surface area contributed by atoms with Gasteiger partial charge in [-0.1, -0.05) is 0 Å². The van der Waals surface area contributed by atoms with Gasteiger partial charge in [-0.05, 0) is 20.8 Å². The minimum absolute atomic E-state index is 0.0533. The monoisotopic (exact) mass is 264 g/mol. The van der Waals surface area contributed by atoms with E-state index in [1.807, 2.05) is 20.8 Å². The lowest BCUT2D eigenvalue weighted by molar-refractivity contribution is -0.0587. The Balaban J connectivity index is 2.12. The maximum Gasteiger partial charge on any atom is 0.274 e. The molecule has 2 rings (SSSR count). The SMILES string of the molecule is CCNc1cncc(C(=O)N2C[C@@H](C)O[C@@H](C)C2)n1. The second-order valence-electron chi connectivity index (χ2n) is 4.79. The van der Waals surface area contributed by atoms with Crippen molar-refractivity contribution >= 4 is 11.7 Å². The molecule has 1 saturated heterocycles. The molecule has 2 heterocycles. The summed E-state index contributed by atoms with van der Waals surface area (Å²) in [6.07, 6.45) is 3.23. The zero-order valence-electron chi connectivity index (χ0n) is 11.6. The second kappa shape index (κ2) is 5.97. The van der Waals surface area contributed by atoms with E-state index in [1.165, 1.54) is 6.20 Å². The van der Waals surface area contributed by atoms with Gasteiger partial charge in [0, 0.05) is 19.6 Å². The van der Waals surface area contributed by atoms with Gasteiger partial charge < -0.3 is 15.0 Å². The Morgan fingerprint density at radius 2 is 2.11 bits per heavy atom.